The number of nitrogens with one attached hydrogen (secondary N) is 2. The van der Waals surface area contributed by atoms with Gasteiger partial charge < -0.3 is 15.2 Å². The molecule has 0 saturated heterocycles. The van der Waals surface area contributed by atoms with Crippen molar-refractivity contribution < 1.29 is 23.7 Å². The summed E-state index contributed by atoms with van der Waals surface area (Å²) in [7, 11) is 0. The highest BCUT2D eigenvalue weighted by atomic mass is 32.2. The summed E-state index contributed by atoms with van der Waals surface area (Å²) in [4.78, 5) is 60.0. The molecular formula is C17H14N6O5S2. The fourth-order valence-corrected chi connectivity index (χ4v) is 3.37. The van der Waals surface area contributed by atoms with Crippen molar-refractivity contribution in [1.29, 1.82) is 0 Å². The number of nitrogens with zero attached hydrogens (tertiary/aromatic N) is 4. The van der Waals surface area contributed by atoms with Gasteiger partial charge in [-0.1, -0.05) is 23.0 Å². The van der Waals surface area contributed by atoms with Crippen LogP contribution in [0.25, 0.3) is 0 Å². The molecule has 0 radical (unpaired) electrons. The van der Waals surface area contributed by atoms with Crippen molar-refractivity contribution in [2.24, 2.45) is 15.0 Å². The molecule has 0 aromatic carbocycles. The molecule has 2 N–H and O–H groups in total. The summed E-state index contributed by atoms with van der Waals surface area (Å²) in [6.07, 6.45) is 0. The predicted molar refractivity (Wildman–Crippen MR) is 112 cm³/mol. The number of anilines is 1. The molecule has 0 saturated carbocycles. The molecule has 2 aromatic rings. The predicted octanol–water partition coefficient (Wildman–Crippen LogP) is 1.43. The Morgan fingerprint density at radius 3 is 2.70 bits per heavy atom. The molecule has 1 aliphatic heterocycles. The number of aliphatic imine (C=N–C) groups is 3. The van der Waals surface area contributed by atoms with Crippen molar-refractivity contribution in [2.45, 2.75) is 13.8 Å². The molecule has 30 heavy (non-hydrogen) atoms. The third kappa shape index (κ3) is 5.55. The fourth-order valence-electron chi connectivity index (χ4n) is 2.13. The second kappa shape index (κ2) is 9.37. The Morgan fingerprint density at radius 2 is 2.07 bits per heavy atom. The molecule has 13 heteroatoms. The van der Waals surface area contributed by atoms with Crippen LogP contribution in [-0.2, 0) is 14.4 Å². The SMILES string of the molecule is CC(=O)NC1=NC(SCC(=O)Nc2cc(C)on2)=NC(=O)C1=NC(=O)c1cccs1. The summed E-state index contributed by atoms with van der Waals surface area (Å²) in [6.45, 7) is 2.90. The summed E-state index contributed by atoms with van der Waals surface area (Å²) < 4.78 is 4.85. The van der Waals surface area contributed by atoms with E-state index in [-0.39, 0.29) is 28.3 Å². The minimum atomic E-state index is -0.853. The minimum absolute atomic E-state index is 0.0576. The number of thioether (sulfide) groups is 1. The van der Waals surface area contributed by atoms with Crippen molar-refractivity contribution in [2.75, 3.05) is 11.1 Å². The van der Waals surface area contributed by atoms with E-state index in [0.29, 0.717) is 10.6 Å². The van der Waals surface area contributed by atoms with Crippen molar-refractivity contribution in [3.8, 4) is 0 Å². The molecule has 1 aliphatic rings. The van der Waals surface area contributed by atoms with Crippen LogP contribution < -0.4 is 10.6 Å². The molecule has 11 nitrogen and oxygen atoms in total. The molecule has 154 valence electrons. The molecule has 0 fully saturated rings. The Bertz CT molecular complexity index is 1100. The van der Waals surface area contributed by atoms with Crippen molar-refractivity contribution in [3.63, 3.8) is 0 Å². The van der Waals surface area contributed by atoms with Crippen LogP contribution in [-0.4, -0.2) is 51.3 Å². The molecule has 0 atom stereocenters. The van der Waals surface area contributed by atoms with Crippen LogP contribution in [0, 0.1) is 6.92 Å². The normalized spacial score (nSPS) is 14.9. The molecule has 0 bridgehead atoms. The fraction of sp³-hybridized carbons (Fsp3) is 0.176. The van der Waals surface area contributed by atoms with Gasteiger partial charge in [0, 0.05) is 13.0 Å². The second-order valence-corrected chi connectivity index (χ2v) is 7.63. The summed E-state index contributed by atoms with van der Waals surface area (Å²) in [5.74, 6) is -1.99. The van der Waals surface area contributed by atoms with Gasteiger partial charge in [-0.15, -0.1) is 11.3 Å². The number of hydrogen-bond donors (Lipinski definition) is 2. The van der Waals surface area contributed by atoms with Crippen LogP contribution >= 0.6 is 23.1 Å². The summed E-state index contributed by atoms with van der Waals surface area (Å²) in [5.41, 5.74) is -0.379. The lowest BCUT2D eigenvalue weighted by atomic mass is 10.3. The van der Waals surface area contributed by atoms with E-state index >= 15 is 0 Å². The highest BCUT2D eigenvalue weighted by molar-refractivity contribution is 8.14. The van der Waals surface area contributed by atoms with Crippen LogP contribution in [0.5, 0.6) is 0 Å². The Kier molecular flexibility index (Phi) is 6.64. The van der Waals surface area contributed by atoms with Crippen LogP contribution in [0.2, 0.25) is 0 Å². The first-order chi connectivity index (χ1) is 14.3. The maximum atomic E-state index is 12.4. The number of carbonyl (C=O) groups excluding carboxylic acids is 4. The average molecular weight is 446 g/mol. The Labute approximate surface area is 177 Å². The number of aryl methyl sites for hydroxylation is 1. The summed E-state index contributed by atoms with van der Waals surface area (Å²) >= 11 is 2.03. The average Bonchev–Trinajstić information content (AvgIpc) is 3.34. The Hall–Kier alpha value is -3.45. The van der Waals surface area contributed by atoms with Gasteiger partial charge in [-0.25, -0.2) is 4.99 Å². The van der Waals surface area contributed by atoms with E-state index in [0.717, 1.165) is 23.1 Å². The van der Waals surface area contributed by atoms with Gasteiger partial charge in [0.25, 0.3) is 5.91 Å². The van der Waals surface area contributed by atoms with Gasteiger partial charge in [0.1, 0.15) is 5.76 Å². The number of carbonyl (C=O) groups is 4. The maximum Gasteiger partial charge on any atom is 0.302 e. The van der Waals surface area contributed by atoms with Gasteiger partial charge in [-0.05, 0) is 18.4 Å². The van der Waals surface area contributed by atoms with Crippen LogP contribution in [0.4, 0.5) is 5.82 Å². The van der Waals surface area contributed by atoms with Crippen LogP contribution in [0.1, 0.15) is 22.4 Å². The zero-order chi connectivity index (χ0) is 21.7. The number of thiophene rings is 1. The highest BCUT2D eigenvalue weighted by Crippen LogP contribution is 2.15. The first-order valence-electron chi connectivity index (χ1n) is 8.34. The molecular weight excluding hydrogens is 432 g/mol. The van der Waals surface area contributed by atoms with Gasteiger partial charge in [0.2, 0.25) is 11.8 Å². The quantitative estimate of drug-likeness (QED) is 0.719. The van der Waals surface area contributed by atoms with Gasteiger partial charge in [-0.2, -0.15) is 9.98 Å². The van der Waals surface area contributed by atoms with E-state index in [4.69, 9.17) is 4.52 Å². The van der Waals surface area contributed by atoms with Crippen molar-refractivity contribution >= 4 is 69.3 Å². The van der Waals surface area contributed by atoms with Crippen LogP contribution in [0.15, 0.2) is 43.1 Å². The van der Waals surface area contributed by atoms with E-state index in [2.05, 4.69) is 30.8 Å². The van der Waals surface area contributed by atoms with Crippen molar-refractivity contribution in [1.82, 2.24) is 10.5 Å². The molecule has 2 aromatic heterocycles. The summed E-state index contributed by atoms with van der Waals surface area (Å²) in [6, 6.07) is 4.77. The Balaban J connectivity index is 1.72. The highest BCUT2D eigenvalue weighted by Gasteiger charge is 2.27. The molecule has 0 aliphatic carbocycles. The third-order valence-corrected chi connectivity index (χ3v) is 5.00. The molecule has 3 heterocycles. The monoisotopic (exact) mass is 446 g/mol. The summed E-state index contributed by atoms with van der Waals surface area (Å²) in [5, 5.41) is 10.2. The van der Waals surface area contributed by atoms with Gasteiger partial charge in [-0.3, -0.25) is 19.2 Å². The Morgan fingerprint density at radius 1 is 1.27 bits per heavy atom. The van der Waals surface area contributed by atoms with Crippen molar-refractivity contribution in [3.05, 3.63) is 34.2 Å². The lowest BCUT2D eigenvalue weighted by Crippen LogP contribution is -2.41. The number of aromatic nitrogens is 1. The lowest BCUT2D eigenvalue weighted by molar-refractivity contribution is -0.117. The van der Waals surface area contributed by atoms with Gasteiger partial charge >= 0.3 is 5.91 Å². The van der Waals surface area contributed by atoms with Gasteiger partial charge in [0.15, 0.2) is 22.5 Å². The largest absolute Gasteiger partial charge is 0.360 e. The second-order valence-electron chi connectivity index (χ2n) is 5.74. The third-order valence-electron chi connectivity index (χ3n) is 3.30. The van der Waals surface area contributed by atoms with E-state index in [9.17, 15) is 19.2 Å². The first-order valence-corrected chi connectivity index (χ1v) is 10.2. The lowest BCUT2D eigenvalue weighted by Gasteiger charge is -2.13. The number of hydrogen-bond acceptors (Lipinski definition) is 9. The molecule has 4 amide bonds. The molecule has 0 unspecified atom stereocenters. The van der Waals surface area contributed by atoms with Gasteiger partial charge in [0.05, 0.1) is 10.6 Å². The molecule has 3 rings (SSSR count). The van der Waals surface area contributed by atoms with E-state index in [1.807, 2.05) is 0 Å². The van der Waals surface area contributed by atoms with E-state index < -0.39 is 23.6 Å². The number of amidine groups is 2. The zero-order valence-corrected chi connectivity index (χ0v) is 17.3. The first kappa shape index (κ1) is 21.3. The standard InChI is InChI=1S/C17H14N6O5S2/c1-8-6-11(23-28-8)19-12(25)7-30-17-21-14(18-9(2)24)13(16(27)22-17)20-15(26)10-4-3-5-29-10/h3-6H,7H2,1-2H3,(H,19,23,25)(H,18,21,22,24,27). The number of rotatable bonds is 4. The zero-order valence-electron chi connectivity index (χ0n) is 15.7. The van der Waals surface area contributed by atoms with E-state index in [1.54, 1.807) is 30.5 Å². The van der Waals surface area contributed by atoms with Crippen LogP contribution in [0.3, 0.4) is 0 Å². The number of amides is 4. The maximum absolute atomic E-state index is 12.4. The minimum Gasteiger partial charge on any atom is -0.360 e. The topological polar surface area (TPSA) is 155 Å². The molecule has 0 spiro atoms. The smallest absolute Gasteiger partial charge is 0.302 e. The van der Waals surface area contributed by atoms with E-state index in [1.165, 1.54) is 6.92 Å².